The third-order valence-electron chi connectivity index (χ3n) is 3.62. The topological polar surface area (TPSA) is 45.4 Å². The molecule has 1 aliphatic rings. The van der Waals surface area contributed by atoms with Crippen LogP contribution in [0.25, 0.3) is 0 Å². The van der Waals surface area contributed by atoms with Crippen molar-refractivity contribution in [1.29, 1.82) is 0 Å². The molecule has 2 aromatic rings. The molecule has 1 saturated carbocycles. The molecule has 0 aliphatic heterocycles. The van der Waals surface area contributed by atoms with Crippen molar-refractivity contribution in [3.8, 4) is 0 Å². The van der Waals surface area contributed by atoms with E-state index in [1.807, 2.05) is 18.2 Å². The van der Waals surface area contributed by atoms with Crippen LogP contribution >= 0.6 is 0 Å². The number of aliphatic hydroxyl groups is 1. The molecule has 3 rings (SSSR count). The van der Waals surface area contributed by atoms with Gasteiger partial charge in [-0.05, 0) is 36.5 Å². The summed E-state index contributed by atoms with van der Waals surface area (Å²) >= 11 is 0. The van der Waals surface area contributed by atoms with Crippen molar-refractivity contribution in [3.63, 3.8) is 0 Å². The van der Waals surface area contributed by atoms with Gasteiger partial charge < -0.3 is 14.8 Å². The lowest BCUT2D eigenvalue weighted by atomic mass is 10.0. The maximum Gasteiger partial charge on any atom is 0.129 e. The van der Waals surface area contributed by atoms with Crippen LogP contribution in [0.1, 0.15) is 36.0 Å². The molecule has 0 radical (unpaired) electrons. The van der Waals surface area contributed by atoms with Crippen molar-refractivity contribution in [3.05, 3.63) is 59.5 Å². The summed E-state index contributed by atoms with van der Waals surface area (Å²) in [5.74, 6) is 2.25. The molecule has 2 N–H and O–H groups in total. The van der Waals surface area contributed by atoms with E-state index in [0.29, 0.717) is 18.3 Å². The van der Waals surface area contributed by atoms with E-state index in [0.717, 1.165) is 11.7 Å². The zero-order valence-corrected chi connectivity index (χ0v) is 10.9. The number of nitrogens with one attached hydrogen (secondary N) is 1. The van der Waals surface area contributed by atoms with Gasteiger partial charge in [-0.3, -0.25) is 0 Å². The maximum absolute atomic E-state index is 8.99. The van der Waals surface area contributed by atoms with Crippen molar-refractivity contribution in [2.45, 2.75) is 32.0 Å². The minimum Gasteiger partial charge on any atom is -0.462 e. The molecule has 1 aliphatic carbocycles. The monoisotopic (exact) mass is 257 g/mol. The summed E-state index contributed by atoms with van der Waals surface area (Å²) in [7, 11) is 0. The zero-order valence-electron chi connectivity index (χ0n) is 10.9. The van der Waals surface area contributed by atoms with E-state index < -0.39 is 0 Å². The van der Waals surface area contributed by atoms with Crippen LogP contribution in [0.3, 0.4) is 0 Å². The lowest BCUT2D eigenvalue weighted by Gasteiger charge is -2.18. The van der Waals surface area contributed by atoms with Gasteiger partial charge in [0.1, 0.15) is 18.1 Å². The molecule has 3 heteroatoms. The third-order valence-corrected chi connectivity index (χ3v) is 3.62. The van der Waals surface area contributed by atoms with Crippen LogP contribution in [0.5, 0.6) is 0 Å². The highest BCUT2D eigenvalue weighted by atomic mass is 16.4. The first-order valence-electron chi connectivity index (χ1n) is 6.83. The lowest BCUT2D eigenvalue weighted by Crippen LogP contribution is -2.22. The van der Waals surface area contributed by atoms with Crippen molar-refractivity contribution < 1.29 is 9.52 Å². The first kappa shape index (κ1) is 12.5. The van der Waals surface area contributed by atoms with Gasteiger partial charge in [0.15, 0.2) is 0 Å². The van der Waals surface area contributed by atoms with Crippen molar-refractivity contribution in [2.75, 3.05) is 0 Å². The normalized spacial score (nSPS) is 16.5. The zero-order chi connectivity index (χ0) is 13.1. The Labute approximate surface area is 113 Å². The summed E-state index contributed by atoms with van der Waals surface area (Å²) in [6, 6.07) is 14.7. The van der Waals surface area contributed by atoms with Gasteiger partial charge in [-0.25, -0.2) is 0 Å². The summed E-state index contributed by atoms with van der Waals surface area (Å²) in [6.45, 7) is 0.667. The van der Waals surface area contributed by atoms with Gasteiger partial charge in [0.05, 0.1) is 6.54 Å². The molecular formula is C16H19NO2. The first-order valence-corrected chi connectivity index (χ1v) is 6.83. The van der Waals surface area contributed by atoms with E-state index in [9.17, 15) is 0 Å². The number of aliphatic hydroxyl groups excluding tert-OH is 1. The summed E-state index contributed by atoms with van der Waals surface area (Å²) in [5, 5.41) is 12.6. The highest BCUT2D eigenvalue weighted by molar-refractivity contribution is 5.21. The fourth-order valence-corrected chi connectivity index (χ4v) is 2.46. The molecule has 0 amide bonds. The molecule has 1 aromatic heterocycles. The average Bonchev–Trinajstić information content (AvgIpc) is 3.18. The summed E-state index contributed by atoms with van der Waals surface area (Å²) in [6.07, 6.45) is 2.60. The minimum atomic E-state index is -0.0370. The molecule has 19 heavy (non-hydrogen) atoms. The maximum atomic E-state index is 8.99. The predicted molar refractivity (Wildman–Crippen MR) is 73.4 cm³/mol. The number of rotatable bonds is 6. The molecule has 1 aromatic carbocycles. The largest absolute Gasteiger partial charge is 0.462 e. The molecular weight excluding hydrogens is 238 g/mol. The standard InChI is InChI=1S/C16H19NO2/c18-11-15-9-8-14(19-15)10-17-16(13-6-7-13)12-4-2-1-3-5-12/h1-5,8-9,13,16-18H,6-7,10-11H2. The quantitative estimate of drug-likeness (QED) is 0.836. The van der Waals surface area contributed by atoms with E-state index in [-0.39, 0.29) is 6.61 Å². The van der Waals surface area contributed by atoms with Crippen LogP contribution in [-0.2, 0) is 13.2 Å². The van der Waals surface area contributed by atoms with Crippen LogP contribution < -0.4 is 5.32 Å². The van der Waals surface area contributed by atoms with Crippen LogP contribution in [0.15, 0.2) is 46.9 Å². The predicted octanol–water partition coefficient (Wildman–Crippen LogP) is 3.01. The number of hydrogen-bond donors (Lipinski definition) is 2. The Hall–Kier alpha value is -1.58. The molecule has 100 valence electrons. The summed E-state index contributed by atoms with van der Waals surface area (Å²) in [4.78, 5) is 0. The van der Waals surface area contributed by atoms with Crippen LogP contribution in [-0.4, -0.2) is 5.11 Å². The SMILES string of the molecule is OCc1ccc(CNC(c2ccccc2)C2CC2)o1. The molecule has 1 heterocycles. The Balaban J connectivity index is 1.65. The molecule has 0 bridgehead atoms. The summed E-state index contributed by atoms with van der Waals surface area (Å²) < 4.78 is 5.51. The highest BCUT2D eigenvalue weighted by Gasteiger charge is 2.31. The fraction of sp³-hybridized carbons (Fsp3) is 0.375. The smallest absolute Gasteiger partial charge is 0.129 e. The highest BCUT2D eigenvalue weighted by Crippen LogP contribution is 2.41. The van der Waals surface area contributed by atoms with E-state index in [1.54, 1.807) is 0 Å². The Morgan fingerprint density at radius 2 is 1.84 bits per heavy atom. The van der Waals surface area contributed by atoms with Gasteiger partial charge in [-0.2, -0.15) is 0 Å². The van der Waals surface area contributed by atoms with Crippen LogP contribution in [0, 0.1) is 5.92 Å². The Bertz CT molecular complexity index is 517. The second-order valence-electron chi connectivity index (χ2n) is 5.13. The fourth-order valence-electron chi connectivity index (χ4n) is 2.46. The molecule has 1 fully saturated rings. The van der Waals surface area contributed by atoms with Gasteiger partial charge >= 0.3 is 0 Å². The van der Waals surface area contributed by atoms with Gasteiger partial charge in [0.25, 0.3) is 0 Å². The third kappa shape index (κ3) is 3.06. The van der Waals surface area contributed by atoms with Crippen LogP contribution in [0.4, 0.5) is 0 Å². The minimum absolute atomic E-state index is 0.0370. The van der Waals surface area contributed by atoms with Crippen molar-refractivity contribution in [1.82, 2.24) is 5.32 Å². The summed E-state index contributed by atoms with van der Waals surface area (Å²) in [5.41, 5.74) is 1.35. The Morgan fingerprint density at radius 1 is 1.11 bits per heavy atom. The molecule has 1 atom stereocenters. The van der Waals surface area contributed by atoms with E-state index in [1.165, 1.54) is 18.4 Å². The van der Waals surface area contributed by atoms with Crippen molar-refractivity contribution in [2.24, 2.45) is 5.92 Å². The van der Waals surface area contributed by atoms with E-state index in [4.69, 9.17) is 9.52 Å². The molecule has 0 saturated heterocycles. The van der Waals surface area contributed by atoms with Crippen molar-refractivity contribution >= 4 is 0 Å². The number of hydrogen-bond acceptors (Lipinski definition) is 3. The average molecular weight is 257 g/mol. The first-order chi connectivity index (χ1) is 9.36. The molecule has 1 unspecified atom stereocenters. The van der Waals surface area contributed by atoms with Gasteiger partial charge in [-0.15, -0.1) is 0 Å². The van der Waals surface area contributed by atoms with E-state index >= 15 is 0 Å². The Morgan fingerprint density at radius 3 is 2.47 bits per heavy atom. The van der Waals surface area contributed by atoms with Gasteiger partial charge in [0, 0.05) is 6.04 Å². The second-order valence-corrected chi connectivity index (χ2v) is 5.13. The van der Waals surface area contributed by atoms with E-state index in [2.05, 4.69) is 29.6 Å². The second kappa shape index (κ2) is 5.59. The number of benzene rings is 1. The van der Waals surface area contributed by atoms with Gasteiger partial charge in [-0.1, -0.05) is 30.3 Å². The number of furan rings is 1. The lowest BCUT2D eigenvalue weighted by molar-refractivity contribution is 0.242. The molecule has 0 spiro atoms. The Kier molecular flexibility index (Phi) is 3.67. The molecule has 3 nitrogen and oxygen atoms in total. The van der Waals surface area contributed by atoms with Gasteiger partial charge in [0.2, 0.25) is 0 Å². The van der Waals surface area contributed by atoms with Crippen LogP contribution in [0.2, 0.25) is 0 Å².